The van der Waals surface area contributed by atoms with Gasteiger partial charge in [0.15, 0.2) is 4.73 Å². The zero-order chi connectivity index (χ0) is 10.1. The Morgan fingerprint density at radius 3 is 2.93 bits per heavy atom. The number of likely N-dealkylation sites (tertiary alicyclic amines) is 1. The average molecular weight is 258 g/mol. The van der Waals surface area contributed by atoms with Crippen LogP contribution in [0.5, 0.6) is 0 Å². The normalized spacial score (nSPS) is 23.2. The van der Waals surface area contributed by atoms with Gasteiger partial charge in [-0.2, -0.15) is 0 Å². The fourth-order valence-electron chi connectivity index (χ4n) is 2.14. The van der Waals surface area contributed by atoms with Gasteiger partial charge < -0.3 is 9.47 Å². The van der Waals surface area contributed by atoms with Crippen molar-refractivity contribution in [3.63, 3.8) is 0 Å². The molecule has 1 fully saturated rings. The van der Waals surface area contributed by atoms with Crippen molar-refractivity contribution in [2.24, 2.45) is 7.05 Å². The number of likely N-dealkylation sites (N-methyl/N-ethyl adjacent to an activating group) is 1. The number of rotatable bonds is 2. The van der Waals surface area contributed by atoms with Crippen molar-refractivity contribution in [3.8, 4) is 0 Å². The van der Waals surface area contributed by atoms with Crippen molar-refractivity contribution in [1.82, 2.24) is 14.5 Å². The molecule has 1 aliphatic rings. The van der Waals surface area contributed by atoms with Crippen LogP contribution < -0.4 is 0 Å². The second-order valence-corrected chi connectivity index (χ2v) is 4.60. The van der Waals surface area contributed by atoms with Gasteiger partial charge >= 0.3 is 0 Å². The van der Waals surface area contributed by atoms with Crippen LogP contribution in [-0.4, -0.2) is 34.1 Å². The van der Waals surface area contributed by atoms with Gasteiger partial charge in [0.25, 0.3) is 0 Å². The Hall–Kier alpha value is -0.350. The molecule has 0 aromatic carbocycles. The second kappa shape index (κ2) is 4.03. The minimum absolute atomic E-state index is 0.666. The van der Waals surface area contributed by atoms with E-state index in [0.717, 1.165) is 11.3 Å². The fourth-order valence-corrected chi connectivity index (χ4v) is 2.45. The van der Waals surface area contributed by atoms with Crippen molar-refractivity contribution in [1.29, 1.82) is 0 Å². The van der Waals surface area contributed by atoms with Gasteiger partial charge in [0.2, 0.25) is 0 Å². The summed E-state index contributed by atoms with van der Waals surface area (Å²) in [6.45, 7) is 5.80. The standard InChI is InChI=1S/C10H16BrN3/c1-3-14-5-4-8(7-14)9-6-12-10(11)13(9)2/h6,8H,3-5,7H2,1-2H3. The van der Waals surface area contributed by atoms with Crippen LogP contribution in [0.25, 0.3) is 0 Å². The van der Waals surface area contributed by atoms with E-state index in [1.165, 1.54) is 25.2 Å². The van der Waals surface area contributed by atoms with Crippen LogP contribution in [0.1, 0.15) is 25.0 Å². The molecule has 0 radical (unpaired) electrons. The summed E-state index contributed by atoms with van der Waals surface area (Å²) >= 11 is 3.43. The van der Waals surface area contributed by atoms with E-state index < -0.39 is 0 Å². The fraction of sp³-hybridized carbons (Fsp3) is 0.700. The van der Waals surface area contributed by atoms with Crippen LogP contribution in [-0.2, 0) is 7.05 Å². The summed E-state index contributed by atoms with van der Waals surface area (Å²) in [5, 5.41) is 0. The summed E-state index contributed by atoms with van der Waals surface area (Å²) in [6.07, 6.45) is 3.26. The molecule has 2 heterocycles. The van der Waals surface area contributed by atoms with Crippen molar-refractivity contribution < 1.29 is 0 Å². The van der Waals surface area contributed by atoms with Crippen molar-refractivity contribution in [3.05, 3.63) is 16.6 Å². The van der Waals surface area contributed by atoms with Crippen LogP contribution >= 0.6 is 15.9 Å². The Morgan fingerprint density at radius 1 is 1.64 bits per heavy atom. The maximum absolute atomic E-state index is 4.27. The smallest absolute Gasteiger partial charge is 0.177 e. The first-order valence-electron chi connectivity index (χ1n) is 5.11. The summed E-state index contributed by atoms with van der Waals surface area (Å²) in [5.74, 6) is 0.666. The van der Waals surface area contributed by atoms with Crippen LogP contribution in [0.2, 0.25) is 0 Å². The lowest BCUT2D eigenvalue weighted by molar-refractivity contribution is 0.352. The van der Waals surface area contributed by atoms with E-state index >= 15 is 0 Å². The number of halogens is 1. The summed E-state index contributed by atoms with van der Waals surface area (Å²) in [4.78, 5) is 6.76. The van der Waals surface area contributed by atoms with Crippen LogP contribution in [0.4, 0.5) is 0 Å². The van der Waals surface area contributed by atoms with E-state index in [4.69, 9.17) is 0 Å². The van der Waals surface area contributed by atoms with Gasteiger partial charge in [-0.05, 0) is 35.4 Å². The lowest BCUT2D eigenvalue weighted by atomic mass is 10.1. The number of nitrogens with zero attached hydrogens (tertiary/aromatic N) is 3. The number of hydrogen-bond acceptors (Lipinski definition) is 2. The maximum atomic E-state index is 4.27. The summed E-state index contributed by atoms with van der Waals surface area (Å²) in [7, 11) is 2.07. The molecule has 0 spiro atoms. The molecule has 1 aromatic rings. The Balaban J connectivity index is 2.13. The Morgan fingerprint density at radius 2 is 2.43 bits per heavy atom. The Labute approximate surface area is 93.2 Å². The molecule has 1 atom stereocenters. The molecular weight excluding hydrogens is 242 g/mol. The third-order valence-electron chi connectivity index (χ3n) is 3.11. The predicted octanol–water partition coefficient (Wildman–Crippen LogP) is 1.99. The molecule has 0 aliphatic carbocycles. The van der Waals surface area contributed by atoms with E-state index in [9.17, 15) is 0 Å². The molecule has 1 aliphatic heterocycles. The molecule has 14 heavy (non-hydrogen) atoms. The predicted molar refractivity (Wildman–Crippen MR) is 60.4 cm³/mol. The van der Waals surface area contributed by atoms with Crippen LogP contribution in [0.15, 0.2) is 10.9 Å². The quantitative estimate of drug-likeness (QED) is 0.809. The van der Waals surface area contributed by atoms with Crippen molar-refractivity contribution in [2.75, 3.05) is 19.6 Å². The lowest BCUT2D eigenvalue weighted by Crippen LogP contribution is -2.19. The zero-order valence-electron chi connectivity index (χ0n) is 8.70. The van der Waals surface area contributed by atoms with Gasteiger partial charge in [0.05, 0.1) is 0 Å². The molecule has 4 heteroatoms. The van der Waals surface area contributed by atoms with E-state index in [-0.39, 0.29) is 0 Å². The van der Waals surface area contributed by atoms with Crippen LogP contribution in [0.3, 0.4) is 0 Å². The van der Waals surface area contributed by atoms with E-state index in [2.05, 4.69) is 44.4 Å². The number of aromatic nitrogens is 2. The van der Waals surface area contributed by atoms with E-state index in [1.807, 2.05) is 6.20 Å². The molecule has 1 saturated heterocycles. The first kappa shape index (κ1) is 10.2. The SMILES string of the molecule is CCN1CCC(c2cnc(Br)n2C)C1. The van der Waals surface area contributed by atoms with Gasteiger partial charge in [0.1, 0.15) is 0 Å². The van der Waals surface area contributed by atoms with Crippen LogP contribution in [0, 0.1) is 0 Å². The zero-order valence-corrected chi connectivity index (χ0v) is 10.3. The van der Waals surface area contributed by atoms with Crippen molar-refractivity contribution in [2.45, 2.75) is 19.3 Å². The molecule has 3 nitrogen and oxygen atoms in total. The highest BCUT2D eigenvalue weighted by molar-refractivity contribution is 9.10. The first-order chi connectivity index (χ1) is 6.72. The molecule has 0 saturated carbocycles. The average Bonchev–Trinajstić information content (AvgIpc) is 2.75. The third kappa shape index (κ3) is 1.73. The topological polar surface area (TPSA) is 21.1 Å². The summed E-state index contributed by atoms with van der Waals surface area (Å²) < 4.78 is 3.08. The first-order valence-corrected chi connectivity index (χ1v) is 5.91. The number of imidazole rings is 1. The highest BCUT2D eigenvalue weighted by Crippen LogP contribution is 2.27. The largest absolute Gasteiger partial charge is 0.325 e. The molecule has 0 amide bonds. The highest BCUT2D eigenvalue weighted by atomic mass is 79.9. The molecule has 78 valence electrons. The molecule has 0 bridgehead atoms. The highest BCUT2D eigenvalue weighted by Gasteiger charge is 2.25. The van der Waals surface area contributed by atoms with Gasteiger partial charge in [0, 0.05) is 31.4 Å². The van der Waals surface area contributed by atoms with Gasteiger partial charge in [-0.1, -0.05) is 6.92 Å². The summed E-state index contributed by atoms with van der Waals surface area (Å²) in [6, 6.07) is 0. The summed E-state index contributed by atoms with van der Waals surface area (Å²) in [5.41, 5.74) is 1.35. The van der Waals surface area contributed by atoms with Gasteiger partial charge in [-0.3, -0.25) is 0 Å². The molecule has 1 unspecified atom stereocenters. The van der Waals surface area contributed by atoms with E-state index in [0.29, 0.717) is 5.92 Å². The Bertz CT molecular complexity index is 321. The third-order valence-corrected chi connectivity index (χ3v) is 3.84. The van der Waals surface area contributed by atoms with Gasteiger partial charge in [-0.25, -0.2) is 4.98 Å². The monoisotopic (exact) mass is 257 g/mol. The molecule has 2 rings (SSSR count). The molecule has 1 aromatic heterocycles. The van der Waals surface area contributed by atoms with E-state index in [1.54, 1.807) is 0 Å². The van der Waals surface area contributed by atoms with Crippen molar-refractivity contribution >= 4 is 15.9 Å². The molecular formula is C10H16BrN3. The molecule has 0 N–H and O–H groups in total. The van der Waals surface area contributed by atoms with Gasteiger partial charge in [-0.15, -0.1) is 0 Å². The lowest BCUT2D eigenvalue weighted by Gasteiger charge is -2.13. The number of hydrogen-bond donors (Lipinski definition) is 0. The Kier molecular flexibility index (Phi) is 2.93. The second-order valence-electron chi connectivity index (χ2n) is 3.89. The minimum Gasteiger partial charge on any atom is -0.325 e. The maximum Gasteiger partial charge on any atom is 0.177 e. The minimum atomic E-state index is 0.666.